The number of aliphatic hydroxyl groups is 2. The Labute approximate surface area is 370 Å². The van der Waals surface area contributed by atoms with Crippen molar-refractivity contribution in [2.45, 2.75) is 224 Å². The molecule has 0 spiro atoms. The summed E-state index contributed by atoms with van der Waals surface area (Å²) >= 11 is 0. The average molecular weight is 900 g/mol. The zero-order valence-electron chi connectivity index (χ0n) is 37.9. The first-order chi connectivity index (χ1) is 30.0. The summed E-state index contributed by atoms with van der Waals surface area (Å²) in [5, 5.41) is 32.3. The number of esters is 2. The molecule has 1 aromatic rings. The van der Waals surface area contributed by atoms with Crippen molar-refractivity contribution >= 4 is 19.8 Å². The van der Waals surface area contributed by atoms with Crippen LogP contribution < -0.4 is 10.8 Å². The van der Waals surface area contributed by atoms with Gasteiger partial charge in [0.2, 0.25) is 0 Å². The van der Waals surface area contributed by atoms with E-state index >= 15 is 0 Å². The van der Waals surface area contributed by atoms with E-state index in [4.69, 9.17) is 23.3 Å². The van der Waals surface area contributed by atoms with Gasteiger partial charge in [-0.3, -0.25) is 23.2 Å². The minimum absolute atomic E-state index is 0.116. The highest BCUT2D eigenvalue weighted by Gasteiger charge is 2.45. The molecule has 0 amide bonds. The molecule has 3 N–H and O–H groups in total. The molecule has 16 heteroatoms. The van der Waals surface area contributed by atoms with E-state index in [1.807, 2.05) is 0 Å². The normalized spacial score (nSPS) is 19.2. The lowest BCUT2D eigenvalue weighted by atomic mass is 10.0. The van der Waals surface area contributed by atoms with Crippen LogP contribution in [0.15, 0.2) is 29.2 Å². The van der Waals surface area contributed by atoms with Crippen molar-refractivity contribution in [2.75, 3.05) is 19.8 Å². The number of carbonyl (C=O) groups excluding carboxylic acids is 2. The molecular weight excluding hydrogens is 819 g/mol. The van der Waals surface area contributed by atoms with Crippen molar-refractivity contribution in [2.24, 2.45) is 0 Å². The molecule has 2 rings (SSSR count). The quantitative estimate of drug-likeness (QED) is 0.0243. The van der Waals surface area contributed by atoms with E-state index in [-0.39, 0.29) is 12.8 Å². The van der Waals surface area contributed by atoms with Gasteiger partial charge < -0.3 is 34.4 Å². The van der Waals surface area contributed by atoms with E-state index in [2.05, 4.69) is 31.0 Å². The molecule has 6 atom stereocenters. The summed E-state index contributed by atoms with van der Waals surface area (Å²) in [5.41, 5.74) is -1.02. The molecule has 62 heavy (non-hydrogen) atoms. The number of aliphatic hydroxyl groups excluding tert-OH is 2. The molecule has 1 aliphatic rings. The van der Waals surface area contributed by atoms with Gasteiger partial charge in [-0.1, -0.05) is 154 Å². The number of phosphoric acid groups is 1. The highest BCUT2D eigenvalue weighted by molar-refractivity contribution is 7.47. The topological polar surface area (TPSA) is 216 Å². The van der Waals surface area contributed by atoms with Crippen molar-refractivity contribution in [3.05, 3.63) is 34.9 Å². The SMILES string of the molecule is CCCCCCCC/C=C\CCCCCCCC(=O)O[C@H](COC(=O)CCCCCCCCCCCCCCC)COP(=O)(O)OC[C@H]1O[C@@H](n2ccc([O-])nc2=O)[C@H](O)[C@@H]1O. The van der Waals surface area contributed by atoms with Gasteiger partial charge in [-0.25, -0.2) is 14.3 Å². The van der Waals surface area contributed by atoms with Crippen molar-refractivity contribution < 1.29 is 57.6 Å². The average Bonchev–Trinajstić information content (AvgIpc) is 3.52. The van der Waals surface area contributed by atoms with Gasteiger partial charge in [-0.2, -0.15) is 0 Å². The highest BCUT2D eigenvalue weighted by atomic mass is 31.2. The van der Waals surface area contributed by atoms with Crippen molar-refractivity contribution in [1.29, 1.82) is 0 Å². The van der Waals surface area contributed by atoms with Crippen LogP contribution in [0.4, 0.5) is 0 Å². The zero-order valence-corrected chi connectivity index (χ0v) is 38.8. The Morgan fingerprint density at radius 1 is 0.742 bits per heavy atom. The lowest BCUT2D eigenvalue weighted by Gasteiger charge is -2.21. The summed E-state index contributed by atoms with van der Waals surface area (Å²) in [6.07, 6.45) is 28.4. The van der Waals surface area contributed by atoms with E-state index < -0.39 is 81.8 Å². The number of carbonyl (C=O) groups is 2. The van der Waals surface area contributed by atoms with Gasteiger partial charge in [0.05, 0.1) is 13.2 Å². The molecule has 2 heterocycles. The van der Waals surface area contributed by atoms with Crippen LogP contribution in [-0.2, 0) is 37.4 Å². The summed E-state index contributed by atoms with van der Waals surface area (Å²) in [5.74, 6) is -1.83. The van der Waals surface area contributed by atoms with Crippen molar-refractivity contribution in [3.63, 3.8) is 0 Å². The van der Waals surface area contributed by atoms with Crippen LogP contribution in [0.1, 0.15) is 200 Å². The molecule has 15 nitrogen and oxygen atoms in total. The highest BCUT2D eigenvalue weighted by Crippen LogP contribution is 2.44. The number of nitrogens with zero attached hydrogens (tertiary/aromatic N) is 2. The summed E-state index contributed by atoms with van der Waals surface area (Å²) in [6, 6.07) is 0.975. The third kappa shape index (κ3) is 26.2. The van der Waals surface area contributed by atoms with Crippen LogP contribution in [0.25, 0.3) is 0 Å². The van der Waals surface area contributed by atoms with Gasteiger partial charge >= 0.3 is 25.5 Å². The molecule has 0 aliphatic carbocycles. The fraction of sp³-hybridized carbons (Fsp3) is 0.826. The molecule has 0 saturated carbocycles. The first kappa shape index (κ1) is 55.5. The Hall–Kier alpha value is -2.65. The second-order valence-electron chi connectivity index (χ2n) is 16.7. The summed E-state index contributed by atoms with van der Waals surface area (Å²) in [7, 11) is -4.87. The standard InChI is InChI=1S/C46H81N2O13P/c1-3-5-7-9-11-13-15-17-18-20-22-24-26-28-30-32-42(51)60-38(35-57-41(50)31-29-27-25-23-21-19-16-14-12-10-8-6-4-2)36-58-62(55,56)59-37-39-43(52)44(53)45(61-39)48-34-33-40(49)47-46(48)54/h17-18,33-34,38-39,43-45,52-53H,3-16,19-32,35-37H2,1-2H3,(H,55,56)(H,47,49,54)/p-1/b18-17-/t38-,39-,43-,44-,45-/m1/s1. The van der Waals surface area contributed by atoms with Gasteiger partial charge in [-0.05, 0) is 50.5 Å². The fourth-order valence-electron chi connectivity index (χ4n) is 7.32. The van der Waals surface area contributed by atoms with E-state index in [0.717, 1.165) is 74.6 Å². The molecular formula is C46H80N2O13P-. The Kier molecular flexibility index (Phi) is 31.1. The second kappa shape index (κ2) is 34.7. The predicted octanol–water partition coefficient (Wildman–Crippen LogP) is 9.04. The maximum Gasteiger partial charge on any atom is 0.472 e. The monoisotopic (exact) mass is 900 g/mol. The number of aromatic nitrogens is 2. The van der Waals surface area contributed by atoms with Crippen LogP contribution in [-0.4, -0.2) is 80.8 Å². The molecule has 0 radical (unpaired) electrons. The predicted molar refractivity (Wildman–Crippen MR) is 236 cm³/mol. The maximum absolute atomic E-state index is 12.9. The van der Waals surface area contributed by atoms with Gasteiger partial charge in [0.25, 0.3) is 0 Å². The molecule has 1 fully saturated rings. The fourth-order valence-corrected chi connectivity index (χ4v) is 8.08. The number of hydrogen-bond donors (Lipinski definition) is 3. The molecule has 1 aromatic heterocycles. The lowest BCUT2D eigenvalue weighted by Crippen LogP contribution is -2.36. The number of phosphoric ester groups is 1. The van der Waals surface area contributed by atoms with Crippen molar-refractivity contribution in [1.82, 2.24) is 9.55 Å². The molecule has 1 aliphatic heterocycles. The number of ether oxygens (including phenoxy) is 3. The van der Waals surface area contributed by atoms with Crippen LogP contribution >= 0.6 is 7.82 Å². The summed E-state index contributed by atoms with van der Waals surface area (Å²) < 4.78 is 40.3. The molecule has 0 aromatic carbocycles. The van der Waals surface area contributed by atoms with Crippen LogP contribution in [0.2, 0.25) is 0 Å². The smallest absolute Gasteiger partial charge is 0.472 e. The Morgan fingerprint density at radius 2 is 1.23 bits per heavy atom. The minimum Gasteiger partial charge on any atom is -0.858 e. The van der Waals surface area contributed by atoms with Crippen molar-refractivity contribution in [3.8, 4) is 5.88 Å². The maximum atomic E-state index is 12.9. The van der Waals surface area contributed by atoms with Crippen LogP contribution in [0, 0.1) is 0 Å². The summed E-state index contributed by atoms with van der Waals surface area (Å²) in [4.78, 5) is 51.2. The van der Waals surface area contributed by atoms with Crippen LogP contribution in [0.5, 0.6) is 5.88 Å². The van der Waals surface area contributed by atoms with E-state index in [0.29, 0.717) is 12.8 Å². The number of rotatable bonds is 39. The Morgan fingerprint density at radius 3 is 1.74 bits per heavy atom. The van der Waals surface area contributed by atoms with Gasteiger partial charge in [0.15, 0.2) is 12.3 Å². The number of unbranched alkanes of at least 4 members (excludes halogenated alkanes) is 23. The lowest BCUT2D eigenvalue weighted by molar-refractivity contribution is -0.275. The zero-order chi connectivity index (χ0) is 45.3. The van der Waals surface area contributed by atoms with Gasteiger partial charge in [-0.15, -0.1) is 0 Å². The largest absolute Gasteiger partial charge is 0.858 e. The number of hydrogen-bond acceptors (Lipinski definition) is 13. The van der Waals surface area contributed by atoms with E-state index in [1.165, 1.54) is 96.3 Å². The Balaban J connectivity index is 1.77. The van der Waals surface area contributed by atoms with Gasteiger partial charge in [0, 0.05) is 19.0 Å². The minimum atomic E-state index is -4.87. The van der Waals surface area contributed by atoms with Crippen LogP contribution in [0.3, 0.4) is 0 Å². The molecule has 1 unspecified atom stereocenters. The van der Waals surface area contributed by atoms with E-state index in [1.54, 1.807) is 0 Å². The second-order valence-corrected chi connectivity index (χ2v) is 18.1. The van der Waals surface area contributed by atoms with E-state index in [9.17, 15) is 39.2 Å². The Bertz CT molecular complexity index is 1460. The molecule has 358 valence electrons. The summed E-state index contributed by atoms with van der Waals surface area (Å²) in [6.45, 7) is 2.69. The first-order valence-electron chi connectivity index (χ1n) is 23.9. The third-order valence-corrected chi connectivity index (χ3v) is 12.0. The molecule has 1 saturated heterocycles. The number of allylic oxidation sites excluding steroid dienone is 2. The van der Waals surface area contributed by atoms with Gasteiger partial charge in [0.1, 0.15) is 24.9 Å². The third-order valence-electron chi connectivity index (χ3n) is 11.1. The first-order valence-corrected chi connectivity index (χ1v) is 25.4. The molecule has 0 bridgehead atoms.